The highest BCUT2D eigenvalue weighted by Crippen LogP contribution is 2.29. The average molecular weight is 279 g/mol. The Balaban J connectivity index is 1.99. The molecule has 21 heavy (non-hydrogen) atoms. The van der Waals surface area contributed by atoms with Crippen LogP contribution >= 0.6 is 0 Å². The minimum absolute atomic E-state index is 0.0571. The highest BCUT2D eigenvalue weighted by atomic mass is 16.5. The molecule has 1 heterocycles. The van der Waals surface area contributed by atoms with Gasteiger partial charge in [0, 0.05) is 17.6 Å². The number of fused-ring (bicyclic) bond motifs is 1. The largest absolute Gasteiger partial charge is 0.457 e. The highest BCUT2D eigenvalue weighted by molar-refractivity contribution is 5.95. The molecule has 0 fully saturated rings. The van der Waals surface area contributed by atoms with Crippen LogP contribution in [0.4, 0.5) is 0 Å². The van der Waals surface area contributed by atoms with Crippen molar-refractivity contribution in [3.63, 3.8) is 0 Å². The van der Waals surface area contributed by atoms with E-state index in [1.165, 1.54) is 0 Å². The van der Waals surface area contributed by atoms with E-state index < -0.39 is 0 Å². The number of nitrogens with zero attached hydrogens (tertiary/aromatic N) is 2. The molecular formula is C16H13N3O2. The van der Waals surface area contributed by atoms with Crippen molar-refractivity contribution in [2.45, 2.75) is 0 Å². The van der Waals surface area contributed by atoms with Gasteiger partial charge in [-0.25, -0.2) is 0 Å². The molecule has 5 nitrogen and oxygen atoms in total. The lowest BCUT2D eigenvalue weighted by molar-refractivity contribution is 0.318. The third-order valence-electron chi connectivity index (χ3n) is 3.08. The minimum atomic E-state index is -0.0571. The monoisotopic (exact) mass is 279 g/mol. The Kier molecular flexibility index (Phi) is 3.39. The van der Waals surface area contributed by atoms with Gasteiger partial charge in [0.05, 0.1) is 0 Å². The van der Waals surface area contributed by atoms with Gasteiger partial charge in [-0.2, -0.15) is 0 Å². The molecule has 0 unspecified atom stereocenters. The summed E-state index contributed by atoms with van der Waals surface area (Å²) in [4.78, 5) is 4.02. The molecule has 0 aliphatic rings. The van der Waals surface area contributed by atoms with Crippen LogP contribution in [-0.4, -0.2) is 16.0 Å². The Hall–Kier alpha value is -3.08. The number of hydrogen-bond acceptors (Lipinski definition) is 4. The second-order valence-corrected chi connectivity index (χ2v) is 4.44. The van der Waals surface area contributed by atoms with Crippen LogP contribution < -0.4 is 10.5 Å². The topological polar surface area (TPSA) is 80.7 Å². The van der Waals surface area contributed by atoms with Crippen molar-refractivity contribution in [2.75, 3.05) is 0 Å². The van der Waals surface area contributed by atoms with Gasteiger partial charge in [-0.3, -0.25) is 4.98 Å². The van der Waals surface area contributed by atoms with Crippen LogP contribution in [0.5, 0.6) is 11.5 Å². The number of amidine groups is 1. The van der Waals surface area contributed by atoms with Gasteiger partial charge in [-0.15, -0.1) is 0 Å². The maximum atomic E-state index is 8.69. The van der Waals surface area contributed by atoms with E-state index in [-0.39, 0.29) is 5.84 Å². The first-order valence-electron chi connectivity index (χ1n) is 6.37. The van der Waals surface area contributed by atoms with Crippen molar-refractivity contribution in [2.24, 2.45) is 10.9 Å². The van der Waals surface area contributed by atoms with Crippen LogP contribution in [0.25, 0.3) is 10.8 Å². The molecular weight excluding hydrogens is 266 g/mol. The minimum Gasteiger partial charge on any atom is -0.457 e. The molecule has 3 rings (SSSR count). The fourth-order valence-electron chi connectivity index (χ4n) is 2.08. The standard InChI is InChI=1S/C16H13N3O2/c17-16(19-20)14-10-12(8-9-18-14)21-15-7-3-5-11-4-1-2-6-13(11)15/h1-10,20H,(H2,17,19). The van der Waals surface area contributed by atoms with Crippen LogP contribution in [0.1, 0.15) is 5.69 Å². The van der Waals surface area contributed by atoms with Gasteiger partial charge in [0.2, 0.25) is 0 Å². The zero-order chi connectivity index (χ0) is 14.7. The summed E-state index contributed by atoms with van der Waals surface area (Å²) in [6.45, 7) is 0. The molecule has 0 atom stereocenters. The summed E-state index contributed by atoms with van der Waals surface area (Å²) >= 11 is 0. The Morgan fingerprint density at radius 3 is 2.76 bits per heavy atom. The lowest BCUT2D eigenvalue weighted by atomic mass is 10.1. The summed E-state index contributed by atoms with van der Waals surface area (Å²) in [6, 6.07) is 17.2. The summed E-state index contributed by atoms with van der Waals surface area (Å²) in [5.41, 5.74) is 5.89. The molecule has 5 heteroatoms. The lowest BCUT2D eigenvalue weighted by Crippen LogP contribution is -2.14. The van der Waals surface area contributed by atoms with Gasteiger partial charge in [-0.1, -0.05) is 41.6 Å². The zero-order valence-corrected chi connectivity index (χ0v) is 11.1. The van der Waals surface area contributed by atoms with Gasteiger partial charge in [0.25, 0.3) is 0 Å². The van der Waals surface area contributed by atoms with Crippen molar-refractivity contribution in [3.05, 3.63) is 66.5 Å². The van der Waals surface area contributed by atoms with Crippen LogP contribution in [0.2, 0.25) is 0 Å². The number of ether oxygens (including phenoxy) is 1. The molecule has 104 valence electrons. The molecule has 0 saturated carbocycles. The summed E-state index contributed by atoms with van der Waals surface area (Å²) in [5, 5.41) is 13.7. The van der Waals surface area contributed by atoms with E-state index >= 15 is 0 Å². The van der Waals surface area contributed by atoms with Gasteiger partial charge in [0.15, 0.2) is 5.84 Å². The van der Waals surface area contributed by atoms with Gasteiger partial charge < -0.3 is 15.7 Å². The molecule has 0 aliphatic carbocycles. The SMILES string of the molecule is NC(=NO)c1cc(Oc2cccc3ccccc23)ccn1. The van der Waals surface area contributed by atoms with Gasteiger partial charge in [-0.05, 0) is 17.5 Å². The van der Waals surface area contributed by atoms with Crippen molar-refractivity contribution >= 4 is 16.6 Å². The Morgan fingerprint density at radius 1 is 1.10 bits per heavy atom. The van der Waals surface area contributed by atoms with Crippen molar-refractivity contribution < 1.29 is 9.94 Å². The predicted octanol–water partition coefficient (Wildman–Crippen LogP) is 3.12. The van der Waals surface area contributed by atoms with Crippen LogP contribution in [0, 0.1) is 0 Å². The number of pyridine rings is 1. The van der Waals surface area contributed by atoms with E-state index in [0.717, 1.165) is 16.5 Å². The quantitative estimate of drug-likeness (QED) is 0.334. The van der Waals surface area contributed by atoms with Gasteiger partial charge >= 0.3 is 0 Å². The number of oxime groups is 1. The van der Waals surface area contributed by atoms with E-state index in [4.69, 9.17) is 15.7 Å². The number of hydrogen-bond donors (Lipinski definition) is 2. The van der Waals surface area contributed by atoms with Crippen molar-refractivity contribution in [1.82, 2.24) is 4.98 Å². The maximum absolute atomic E-state index is 8.69. The number of rotatable bonds is 3. The van der Waals surface area contributed by atoms with E-state index in [9.17, 15) is 0 Å². The van der Waals surface area contributed by atoms with Crippen molar-refractivity contribution in [3.8, 4) is 11.5 Å². The Bertz CT molecular complexity index is 810. The molecule has 0 spiro atoms. The summed E-state index contributed by atoms with van der Waals surface area (Å²) in [5.74, 6) is 1.26. The molecule has 2 aromatic carbocycles. The lowest BCUT2D eigenvalue weighted by Gasteiger charge is -2.09. The first-order valence-corrected chi connectivity index (χ1v) is 6.37. The Labute approximate surface area is 121 Å². The number of aromatic nitrogens is 1. The maximum Gasteiger partial charge on any atom is 0.188 e. The molecule has 3 N–H and O–H groups in total. The van der Waals surface area contributed by atoms with E-state index in [2.05, 4.69) is 10.1 Å². The number of benzene rings is 2. The smallest absolute Gasteiger partial charge is 0.188 e. The molecule has 0 bridgehead atoms. The second-order valence-electron chi connectivity index (χ2n) is 4.44. The highest BCUT2D eigenvalue weighted by Gasteiger charge is 2.06. The first kappa shape index (κ1) is 12.9. The summed E-state index contributed by atoms with van der Waals surface area (Å²) in [6.07, 6.45) is 1.55. The molecule has 3 aromatic rings. The summed E-state index contributed by atoms with van der Waals surface area (Å²) < 4.78 is 5.89. The van der Waals surface area contributed by atoms with Crippen LogP contribution in [-0.2, 0) is 0 Å². The van der Waals surface area contributed by atoms with E-state index in [1.54, 1.807) is 18.3 Å². The summed E-state index contributed by atoms with van der Waals surface area (Å²) in [7, 11) is 0. The van der Waals surface area contributed by atoms with Crippen molar-refractivity contribution in [1.29, 1.82) is 0 Å². The normalized spacial score (nSPS) is 11.5. The molecule has 0 saturated heterocycles. The molecule has 0 aliphatic heterocycles. The van der Waals surface area contributed by atoms with E-state index in [1.807, 2.05) is 42.5 Å². The van der Waals surface area contributed by atoms with Gasteiger partial charge in [0.1, 0.15) is 17.2 Å². The van der Waals surface area contributed by atoms with E-state index in [0.29, 0.717) is 11.4 Å². The fourth-order valence-corrected chi connectivity index (χ4v) is 2.08. The predicted molar refractivity (Wildman–Crippen MR) is 80.8 cm³/mol. The number of nitrogens with two attached hydrogens (primary N) is 1. The molecule has 0 amide bonds. The Morgan fingerprint density at radius 2 is 1.90 bits per heavy atom. The third kappa shape index (κ3) is 2.62. The second kappa shape index (κ2) is 5.50. The third-order valence-corrected chi connectivity index (χ3v) is 3.08. The molecule has 1 aromatic heterocycles. The fraction of sp³-hybridized carbons (Fsp3) is 0. The van der Waals surface area contributed by atoms with Crippen LogP contribution in [0.3, 0.4) is 0 Å². The zero-order valence-electron chi connectivity index (χ0n) is 11.1. The first-order chi connectivity index (χ1) is 10.3. The van der Waals surface area contributed by atoms with Crippen LogP contribution in [0.15, 0.2) is 65.9 Å². The average Bonchev–Trinajstić information content (AvgIpc) is 2.55. The molecule has 0 radical (unpaired) electrons.